The van der Waals surface area contributed by atoms with Gasteiger partial charge in [-0.1, -0.05) is 31.0 Å². The van der Waals surface area contributed by atoms with E-state index >= 15 is 0 Å². The summed E-state index contributed by atoms with van der Waals surface area (Å²) in [7, 11) is 3.14. The number of rotatable bonds is 3. The van der Waals surface area contributed by atoms with E-state index in [1.165, 1.54) is 7.11 Å². The number of methoxy groups -OCH3 is 2. The minimum Gasteiger partial charge on any atom is -0.496 e. The fourth-order valence-corrected chi connectivity index (χ4v) is 2.91. The van der Waals surface area contributed by atoms with Gasteiger partial charge in [0, 0.05) is 5.92 Å². The predicted octanol–water partition coefficient (Wildman–Crippen LogP) is 3.14. The summed E-state index contributed by atoms with van der Waals surface area (Å²) < 4.78 is 10.3. The van der Waals surface area contributed by atoms with Gasteiger partial charge in [-0.3, -0.25) is 4.79 Å². The van der Waals surface area contributed by atoms with Crippen LogP contribution in [-0.2, 0) is 9.53 Å². The molecule has 1 aromatic carbocycles. The number of carbonyl (C=O) groups excluding carboxylic acids is 1. The van der Waals surface area contributed by atoms with E-state index in [9.17, 15) is 4.79 Å². The summed E-state index contributed by atoms with van der Waals surface area (Å²) in [4.78, 5) is 11.9. The summed E-state index contributed by atoms with van der Waals surface area (Å²) in [5.41, 5.74) is 1.13. The van der Waals surface area contributed by atoms with Gasteiger partial charge in [0.05, 0.1) is 20.1 Å². The molecule has 1 aliphatic carbocycles. The van der Waals surface area contributed by atoms with E-state index in [0.717, 1.165) is 37.0 Å². The maximum Gasteiger partial charge on any atom is 0.309 e. The molecule has 18 heavy (non-hydrogen) atoms. The van der Waals surface area contributed by atoms with Gasteiger partial charge in [0.15, 0.2) is 0 Å². The normalized spacial score (nSPS) is 23.4. The lowest BCUT2D eigenvalue weighted by Crippen LogP contribution is -2.27. The molecular weight excluding hydrogens is 228 g/mol. The van der Waals surface area contributed by atoms with Crippen molar-refractivity contribution in [3.8, 4) is 5.75 Å². The molecule has 2 atom stereocenters. The molecule has 3 heteroatoms. The zero-order valence-electron chi connectivity index (χ0n) is 11.0. The molecule has 0 amide bonds. The quantitative estimate of drug-likeness (QED) is 0.771. The van der Waals surface area contributed by atoms with Crippen LogP contribution < -0.4 is 4.74 Å². The van der Waals surface area contributed by atoms with E-state index in [1.807, 2.05) is 18.2 Å². The largest absolute Gasteiger partial charge is 0.496 e. The van der Waals surface area contributed by atoms with Gasteiger partial charge in [0.25, 0.3) is 0 Å². The summed E-state index contributed by atoms with van der Waals surface area (Å²) in [6, 6.07) is 7.97. The van der Waals surface area contributed by atoms with Gasteiger partial charge in [0.2, 0.25) is 0 Å². The van der Waals surface area contributed by atoms with Crippen molar-refractivity contribution in [2.75, 3.05) is 14.2 Å². The molecule has 2 rings (SSSR count). The van der Waals surface area contributed by atoms with Crippen molar-refractivity contribution in [2.45, 2.75) is 31.6 Å². The van der Waals surface area contributed by atoms with Crippen molar-refractivity contribution in [3.63, 3.8) is 0 Å². The maximum atomic E-state index is 11.9. The molecule has 98 valence electrons. The Morgan fingerprint density at radius 1 is 1.17 bits per heavy atom. The molecular formula is C15H20O3. The van der Waals surface area contributed by atoms with Crippen LogP contribution in [-0.4, -0.2) is 20.2 Å². The lowest BCUT2D eigenvalue weighted by atomic mass is 9.75. The molecule has 0 spiro atoms. The highest BCUT2D eigenvalue weighted by Crippen LogP contribution is 2.41. The van der Waals surface area contributed by atoms with Crippen LogP contribution in [0.4, 0.5) is 0 Å². The van der Waals surface area contributed by atoms with Gasteiger partial charge >= 0.3 is 5.97 Å². The highest BCUT2D eigenvalue weighted by Gasteiger charge is 2.34. The number of carbonyl (C=O) groups is 1. The first-order valence-electron chi connectivity index (χ1n) is 6.48. The standard InChI is InChI=1S/C15H20O3/c1-17-14-10-6-5-8-12(14)11-7-3-4-9-13(11)15(16)18-2/h5-6,8,10-11,13H,3-4,7,9H2,1-2H3. The number of ether oxygens (including phenoxy) is 2. The molecule has 0 N–H and O–H groups in total. The van der Waals surface area contributed by atoms with Crippen LogP contribution in [0.25, 0.3) is 0 Å². The van der Waals surface area contributed by atoms with Crippen LogP contribution in [0.15, 0.2) is 24.3 Å². The molecule has 1 saturated carbocycles. The fraction of sp³-hybridized carbons (Fsp3) is 0.533. The Balaban J connectivity index is 2.30. The van der Waals surface area contributed by atoms with E-state index in [2.05, 4.69) is 6.07 Å². The number of benzene rings is 1. The number of hydrogen-bond acceptors (Lipinski definition) is 3. The molecule has 0 heterocycles. The summed E-state index contributed by atoms with van der Waals surface area (Å²) in [5, 5.41) is 0. The van der Waals surface area contributed by atoms with Gasteiger partial charge < -0.3 is 9.47 Å². The Morgan fingerprint density at radius 3 is 2.61 bits per heavy atom. The van der Waals surface area contributed by atoms with Crippen molar-refractivity contribution in [3.05, 3.63) is 29.8 Å². The smallest absolute Gasteiger partial charge is 0.309 e. The molecule has 0 aromatic heterocycles. The maximum absolute atomic E-state index is 11.9. The molecule has 2 unspecified atom stereocenters. The fourth-order valence-electron chi connectivity index (χ4n) is 2.91. The molecule has 0 radical (unpaired) electrons. The summed E-state index contributed by atoms with van der Waals surface area (Å²) in [5.74, 6) is 0.978. The molecule has 1 aliphatic rings. The van der Waals surface area contributed by atoms with Gasteiger partial charge in [-0.05, 0) is 24.5 Å². The van der Waals surface area contributed by atoms with Crippen molar-refractivity contribution < 1.29 is 14.3 Å². The van der Waals surface area contributed by atoms with Gasteiger partial charge in [-0.25, -0.2) is 0 Å². The van der Waals surface area contributed by atoms with E-state index in [0.29, 0.717) is 0 Å². The second kappa shape index (κ2) is 5.89. The Bertz CT molecular complexity index is 414. The Labute approximate surface area is 108 Å². The molecule has 1 aromatic rings. The predicted molar refractivity (Wildman–Crippen MR) is 69.7 cm³/mol. The third-order valence-corrected chi connectivity index (χ3v) is 3.81. The highest BCUT2D eigenvalue weighted by molar-refractivity contribution is 5.74. The van der Waals surface area contributed by atoms with Crippen molar-refractivity contribution in [2.24, 2.45) is 5.92 Å². The average Bonchev–Trinajstić information content (AvgIpc) is 2.46. The first-order chi connectivity index (χ1) is 8.77. The molecule has 3 nitrogen and oxygen atoms in total. The van der Waals surface area contributed by atoms with Crippen LogP contribution in [0, 0.1) is 5.92 Å². The van der Waals surface area contributed by atoms with Gasteiger partial charge in [-0.2, -0.15) is 0 Å². The first-order valence-corrected chi connectivity index (χ1v) is 6.48. The number of esters is 1. The van der Waals surface area contributed by atoms with E-state index in [1.54, 1.807) is 7.11 Å². The Hall–Kier alpha value is -1.51. The Morgan fingerprint density at radius 2 is 1.89 bits per heavy atom. The van der Waals surface area contributed by atoms with Crippen LogP contribution in [0.5, 0.6) is 5.75 Å². The topological polar surface area (TPSA) is 35.5 Å². The Kier molecular flexibility index (Phi) is 4.24. The minimum absolute atomic E-state index is 0.0277. The second-order valence-electron chi connectivity index (χ2n) is 4.76. The van der Waals surface area contributed by atoms with Crippen LogP contribution in [0.2, 0.25) is 0 Å². The third kappa shape index (κ3) is 2.50. The van der Waals surface area contributed by atoms with Crippen molar-refractivity contribution >= 4 is 5.97 Å². The van der Waals surface area contributed by atoms with Crippen LogP contribution in [0.1, 0.15) is 37.2 Å². The number of para-hydroxylation sites is 1. The van der Waals surface area contributed by atoms with Crippen LogP contribution >= 0.6 is 0 Å². The number of hydrogen-bond donors (Lipinski definition) is 0. The van der Waals surface area contributed by atoms with E-state index in [4.69, 9.17) is 9.47 Å². The van der Waals surface area contributed by atoms with Gasteiger partial charge in [0.1, 0.15) is 5.75 Å². The highest BCUT2D eigenvalue weighted by atomic mass is 16.5. The SMILES string of the molecule is COC(=O)C1CCCCC1c1ccccc1OC. The minimum atomic E-state index is -0.0920. The molecule has 0 aliphatic heterocycles. The van der Waals surface area contributed by atoms with E-state index < -0.39 is 0 Å². The third-order valence-electron chi connectivity index (χ3n) is 3.81. The van der Waals surface area contributed by atoms with Gasteiger partial charge in [-0.15, -0.1) is 0 Å². The zero-order valence-corrected chi connectivity index (χ0v) is 11.0. The average molecular weight is 248 g/mol. The summed E-state index contributed by atoms with van der Waals surface area (Å²) in [6.07, 6.45) is 4.21. The molecule has 1 fully saturated rings. The first kappa shape index (κ1) is 12.9. The second-order valence-corrected chi connectivity index (χ2v) is 4.76. The van der Waals surface area contributed by atoms with Crippen LogP contribution in [0.3, 0.4) is 0 Å². The van der Waals surface area contributed by atoms with Crippen molar-refractivity contribution in [1.29, 1.82) is 0 Å². The molecule has 0 saturated heterocycles. The lowest BCUT2D eigenvalue weighted by Gasteiger charge is -2.30. The lowest BCUT2D eigenvalue weighted by molar-refractivity contribution is -0.147. The summed E-state index contributed by atoms with van der Waals surface area (Å²) in [6.45, 7) is 0. The monoisotopic (exact) mass is 248 g/mol. The molecule has 0 bridgehead atoms. The van der Waals surface area contributed by atoms with Crippen molar-refractivity contribution in [1.82, 2.24) is 0 Å². The zero-order chi connectivity index (χ0) is 13.0. The summed E-state index contributed by atoms with van der Waals surface area (Å²) >= 11 is 0. The van der Waals surface area contributed by atoms with E-state index in [-0.39, 0.29) is 17.8 Å².